The van der Waals surface area contributed by atoms with E-state index in [9.17, 15) is 0 Å². The molecular weight excluding hydrogens is 273 g/mol. The summed E-state index contributed by atoms with van der Waals surface area (Å²) in [5, 5.41) is 3.92. The molecule has 1 aromatic heterocycles. The van der Waals surface area contributed by atoms with E-state index in [2.05, 4.69) is 15.3 Å². The van der Waals surface area contributed by atoms with E-state index in [0.29, 0.717) is 16.9 Å². The first-order valence-corrected chi connectivity index (χ1v) is 6.99. The number of alkyl halides is 1. The molecule has 2 unspecified atom stereocenters. The maximum Gasteiger partial charge on any atom is 0.318 e. The Morgan fingerprint density at radius 1 is 1.33 bits per heavy atom. The van der Waals surface area contributed by atoms with Crippen molar-refractivity contribution in [1.82, 2.24) is 9.97 Å². The van der Waals surface area contributed by atoms with Crippen LogP contribution < -0.4 is 10.1 Å². The molecule has 0 saturated heterocycles. The highest BCUT2D eigenvalue weighted by Crippen LogP contribution is 2.27. The van der Waals surface area contributed by atoms with Crippen LogP contribution in [0.15, 0.2) is 6.20 Å². The van der Waals surface area contributed by atoms with E-state index in [-0.39, 0.29) is 11.4 Å². The molecule has 0 amide bonds. The van der Waals surface area contributed by atoms with Crippen molar-refractivity contribution in [3.05, 3.63) is 11.2 Å². The Kier molecular flexibility index (Phi) is 4.89. The summed E-state index contributed by atoms with van der Waals surface area (Å²) in [5.41, 5.74) is 0. The zero-order chi connectivity index (χ0) is 13.0. The van der Waals surface area contributed by atoms with Crippen molar-refractivity contribution in [3.8, 4) is 6.01 Å². The van der Waals surface area contributed by atoms with Crippen molar-refractivity contribution in [2.24, 2.45) is 0 Å². The molecular formula is C12H17Cl2N3O. The number of nitrogens with zero attached hydrogens (tertiary/aromatic N) is 2. The number of rotatable bonds is 3. The van der Waals surface area contributed by atoms with Gasteiger partial charge in [-0.25, -0.2) is 4.98 Å². The Hall–Kier alpha value is -0.740. The number of aromatic nitrogens is 2. The Morgan fingerprint density at radius 3 is 2.89 bits per heavy atom. The third-order valence-corrected chi connectivity index (χ3v) is 3.96. The number of halogens is 2. The van der Waals surface area contributed by atoms with Gasteiger partial charge in [0.05, 0.1) is 18.7 Å². The Labute approximate surface area is 117 Å². The minimum atomic E-state index is 0.115. The van der Waals surface area contributed by atoms with Crippen LogP contribution in [0.4, 0.5) is 5.82 Å². The van der Waals surface area contributed by atoms with Crippen molar-refractivity contribution < 1.29 is 4.74 Å². The summed E-state index contributed by atoms with van der Waals surface area (Å²) in [6.07, 6.45) is 7.21. The zero-order valence-electron chi connectivity index (χ0n) is 10.3. The van der Waals surface area contributed by atoms with E-state index in [4.69, 9.17) is 27.9 Å². The second-order valence-corrected chi connectivity index (χ2v) is 5.43. The fourth-order valence-electron chi connectivity index (χ4n) is 2.15. The average Bonchev–Trinajstić information content (AvgIpc) is 2.58. The van der Waals surface area contributed by atoms with Crippen LogP contribution in [-0.4, -0.2) is 28.5 Å². The Morgan fingerprint density at radius 2 is 2.11 bits per heavy atom. The second kappa shape index (κ2) is 6.43. The summed E-state index contributed by atoms with van der Waals surface area (Å²) in [4.78, 5) is 8.16. The van der Waals surface area contributed by atoms with Gasteiger partial charge in [0.2, 0.25) is 0 Å². The monoisotopic (exact) mass is 289 g/mol. The normalized spacial score (nSPS) is 24.4. The fraction of sp³-hybridized carbons (Fsp3) is 0.667. The van der Waals surface area contributed by atoms with Crippen LogP contribution in [0.5, 0.6) is 6.01 Å². The van der Waals surface area contributed by atoms with Gasteiger partial charge in [0.1, 0.15) is 5.02 Å². The SMILES string of the molecule is COc1ncc(Cl)c(NC2CCCCCC2Cl)n1. The maximum absolute atomic E-state index is 6.38. The van der Waals surface area contributed by atoms with Gasteiger partial charge in [-0.05, 0) is 12.8 Å². The third kappa shape index (κ3) is 3.39. The van der Waals surface area contributed by atoms with E-state index in [1.165, 1.54) is 32.6 Å². The molecule has 4 nitrogen and oxygen atoms in total. The highest BCUT2D eigenvalue weighted by atomic mass is 35.5. The van der Waals surface area contributed by atoms with Gasteiger partial charge < -0.3 is 10.1 Å². The van der Waals surface area contributed by atoms with Crippen LogP contribution in [0, 0.1) is 0 Å². The first-order chi connectivity index (χ1) is 8.70. The summed E-state index contributed by atoms with van der Waals surface area (Å²) < 4.78 is 5.00. The van der Waals surface area contributed by atoms with Crippen molar-refractivity contribution in [2.75, 3.05) is 12.4 Å². The number of ether oxygens (including phenoxy) is 1. The standard InChI is InChI=1S/C12H17Cl2N3O/c1-18-12-15-7-9(14)11(17-12)16-10-6-4-2-3-5-8(10)13/h7-8,10H,2-6H2,1H3,(H,15,16,17). The zero-order valence-corrected chi connectivity index (χ0v) is 11.8. The molecule has 0 aliphatic heterocycles. The molecule has 2 rings (SSSR count). The number of anilines is 1. The Balaban J connectivity index is 2.11. The van der Waals surface area contributed by atoms with Crippen molar-refractivity contribution in [3.63, 3.8) is 0 Å². The number of nitrogens with one attached hydrogen (secondary N) is 1. The number of methoxy groups -OCH3 is 1. The van der Waals surface area contributed by atoms with Crippen molar-refractivity contribution in [2.45, 2.75) is 43.5 Å². The molecule has 1 heterocycles. The summed E-state index contributed by atoms with van der Waals surface area (Å²) >= 11 is 12.5. The lowest BCUT2D eigenvalue weighted by atomic mass is 10.1. The highest BCUT2D eigenvalue weighted by molar-refractivity contribution is 6.32. The van der Waals surface area contributed by atoms with Crippen LogP contribution in [-0.2, 0) is 0 Å². The summed E-state index contributed by atoms with van der Waals surface area (Å²) in [7, 11) is 1.53. The van der Waals surface area contributed by atoms with E-state index >= 15 is 0 Å². The lowest BCUT2D eigenvalue weighted by Gasteiger charge is -2.22. The third-order valence-electron chi connectivity index (χ3n) is 3.16. The molecule has 6 heteroatoms. The van der Waals surface area contributed by atoms with Crippen LogP contribution >= 0.6 is 23.2 Å². The average molecular weight is 290 g/mol. The molecule has 0 bridgehead atoms. The van der Waals surface area contributed by atoms with Crippen molar-refractivity contribution >= 4 is 29.0 Å². The molecule has 0 spiro atoms. The molecule has 1 saturated carbocycles. The summed E-state index contributed by atoms with van der Waals surface area (Å²) in [5.74, 6) is 0.598. The number of hydrogen-bond acceptors (Lipinski definition) is 4. The molecule has 100 valence electrons. The topological polar surface area (TPSA) is 47.0 Å². The van der Waals surface area contributed by atoms with Crippen molar-refractivity contribution in [1.29, 1.82) is 0 Å². The minimum absolute atomic E-state index is 0.115. The van der Waals surface area contributed by atoms with Gasteiger partial charge in [-0.2, -0.15) is 4.98 Å². The van der Waals surface area contributed by atoms with E-state index in [1.54, 1.807) is 0 Å². The van der Waals surface area contributed by atoms with E-state index in [1.807, 2.05) is 0 Å². The lowest BCUT2D eigenvalue weighted by Crippen LogP contribution is -2.29. The molecule has 2 atom stereocenters. The van der Waals surface area contributed by atoms with Gasteiger partial charge in [0.15, 0.2) is 5.82 Å². The maximum atomic E-state index is 6.38. The molecule has 18 heavy (non-hydrogen) atoms. The summed E-state index contributed by atoms with van der Waals surface area (Å²) in [6, 6.07) is 0.507. The second-order valence-electron chi connectivity index (χ2n) is 4.46. The molecule has 0 aromatic carbocycles. The molecule has 1 aromatic rings. The molecule has 1 aliphatic carbocycles. The molecule has 1 fully saturated rings. The molecule has 1 N–H and O–H groups in total. The van der Waals surface area contributed by atoms with Crippen LogP contribution in [0.3, 0.4) is 0 Å². The quantitative estimate of drug-likeness (QED) is 0.683. The van der Waals surface area contributed by atoms with Gasteiger partial charge in [-0.3, -0.25) is 0 Å². The van der Waals surface area contributed by atoms with Gasteiger partial charge >= 0.3 is 6.01 Å². The highest BCUT2D eigenvalue weighted by Gasteiger charge is 2.22. The fourth-order valence-corrected chi connectivity index (χ4v) is 2.64. The van der Waals surface area contributed by atoms with Crippen LogP contribution in [0.2, 0.25) is 5.02 Å². The Bertz CT molecular complexity index is 403. The van der Waals surface area contributed by atoms with E-state index in [0.717, 1.165) is 12.8 Å². The van der Waals surface area contributed by atoms with Crippen LogP contribution in [0.25, 0.3) is 0 Å². The van der Waals surface area contributed by atoms with Gasteiger partial charge in [-0.1, -0.05) is 30.9 Å². The number of hydrogen-bond donors (Lipinski definition) is 1. The van der Waals surface area contributed by atoms with E-state index < -0.39 is 0 Å². The van der Waals surface area contributed by atoms with Crippen LogP contribution in [0.1, 0.15) is 32.1 Å². The van der Waals surface area contributed by atoms with Gasteiger partial charge in [-0.15, -0.1) is 11.6 Å². The predicted octanol–water partition coefficient (Wildman–Crippen LogP) is 3.49. The minimum Gasteiger partial charge on any atom is -0.467 e. The molecule has 0 radical (unpaired) electrons. The van der Waals surface area contributed by atoms with Gasteiger partial charge in [0.25, 0.3) is 0 Å². The first-order valence-electron chi connectivity index (χ1n) is 6.18. The molecule has 1 aliphatic rings. The van der Waals surface area contributed by atoms with Gasteiger partial charge in [0, 0.05) is 6.04 Å². The summed E-state index contributed by atoms with van der Waals surface area (Å²) in [6.45, 7) is 0. The first kappa shape index (κ1) is 13.7. The smallest absolute Gasteiger partial charge is 0.318 e. The lowest BCUT2D eigenvalue weighted by molar-refractivity contribution is 0.380. The largest absolute Gasteiger partial charge is 0.467 e. The predicted molar refractivity (Wildman–Crippen MR) is 73.7 cm³/mol.